The second-order valence-electron chi connectivity index (χ2n) is 7.39. The SMILES string of the molecule is Cc1cc(NC(=O)c2cc(-c3ccccc3)nc3onc(-c4ccc(F)cc4)c23)nn1C. The van der Waals surface area contributed by atoms with Gasteiger partial charge in [0.25, 0.3) is 11.6 Å². The number of carbonyl (C=O) groups excluding carboxylic acids is 1. The Hall–Kier alpha value is -4.33. The highest BCUT2D eigenvalue weighted by Crippen LogP contribution is 2.33. The Morgan fingerprint density at radius 3 is 2.47 bits per heavy atom. The number of hydrogen-bond donors (Lipinski definition) is 1. The number of anilines is 1. The zero-order valence-electron chi connectivity index (χ0n) is 17.3. The number of nitrogens with zero attached hydrogens (tertiary/aromatic N) is 4. The minimum Gasteiger partial charge on any atom is -0.335 e. The number of aryl methyl sites for hydroxylation is 2. The second kappa shape index (κ2) is 7.73. The van der Waals surface area contributed by atoms with E-state index in [2.05, 4.69) is 20.6 Å². The molecule has 5 aromatic rings. The van der Waals surface area contributed by atoms with E-state index in [9.17, 15) is 9.18 Å². The molecule has 0 saturated heterocycles. The maximum absolute atomic E-state index is 13.4. The summed E-state index contributed by atoms with van der Waals surface area (Å²) in [6.45, 7) is 1.90. The van der Waals surface area contributed by atoms with E-state index >= 15 is 0 Å². The molecule has 3 aromatic heterocycles. The van der Waals surface area contributed by atoms with Crippen LogP contribution in [0.15, 0.2) is 71.3 Å². The van der Waals surface area contributed by atoms with Crippen LogP contribution in [0, 0.1) is 12.7 Å². The van der Waals surface area contributed by atoms with Gasteiger partial charge in [-0.3, -0.25) is 9.48 Å². The molecule has 0 aliphatic heterocycles. The molecule has 5 rings (SSSR count). The molecular weight excluding hydrogens is 409 g/mol. The van der Waals surface area contributed by atoms with Crippen LogP contribution in [0.25, 0.3) is 33.6 Å². The predicted molar refractivity (Wildman–Crippen MR) is 119 cm³/mol. The number of carbonyl (C=O) groups is 1. The van der Waals surface area contributed by atoms with Crippen molar-refractivity contribution in [2.24, 2.45) is 7.05 Å². The predicted octanol–water partition coefficient (Wildman–Crippen LogP) is 4.99. The van der Waals surface area contributed by atoms with Crippen LogP contribution in [0.4, 0.5) is 10.2 Å². The number of hydrogen-bond acceptors (Lipinski definition) is 5. The fourth-order valence-corrected chi connectivity index (χ4v) is 3.50. The van der Waals surface area contributed by atoms with Crippen LogP contribution >= 0.6 is 0 Å². The number of rotatable bonds is 4. The average Bonchev–Trinajstić information content (AvgIpc) is 3.36. The van der Waals surface area contributed by atoms with E-state index in [0.29, 0.717) is 33.7 Å². The lowest BCUT2D eigenvalue weighted by molar-refractivity contribution is 0.102. The first kappa shape index (κ1) is 19.6. The van der Waals surface area contributed by atoms with Crippen LogP contribution < -0.4 is 5.32 Å². The number of benzene rings is 2. The van der Waals surface area contributed by atoms with E-state index in [1.54, 1.807) is 36.0 Å². The van der Waals surface area contributed by atoms with Crippen molar-refractivity contribution in [2.75, 3.05) is 5.32 Å². The third-order valence-electron chi connectivity index (χ3n) is 5.23. The summed E-state index contributed by atoms with van der Waals surface area (Å²) in [6, 6.07) is 18.8. The molecule has 0 fully saturated rings. The summed E-state index contributed by atoms with van der Waals surface area (Å²) < 4.78 is 20.6. The fourth-order valence-electron chi connectivity index (χ4n) is 3.50. The van der Waals surface area contributed by atoms with Gasteiger partial charge in [-0.05, 0) is 37.3 Å². The van der Waals surface area contributed by atoms with E-state index in [4.69, 9.17) is 4.52 Å². The van der Waals surface area contributed by atoms with Gasteiger partial charge in [0.15, 0.2) is 5.82 Å². The molecule has 1 N–H and O–H groups in total. The molecule has 0 spiro atoms. The molecule has 0 unspecified atom stereocenters. The summed E-state index contributed by atoms with van der Waals surface area (Å²) in [7, 11) is 1.80. The van der Waals surface area contributed by atoms with Gasteiger partial charge in [-0.15, -0.1) is 0 Å². The molecular formula is C24H18FN5O2. The molecule has 8 heteroatoms. The zero-order valence-corrected chi connectivity index (χ0v) is 17.3. The Bertz CT molecular complexity index is 1420. The van der Waals surface area contributed by atoms with Crippen molar-refractivity contribution in [3.05, 3.63) is 83.8 Å². The Balaban J connectivity index is 1.68. The number of halogens is 1. The van der Waals surface area contributed by atoms with Crippen molar-refractivity contribution >= 4 is 22.8 Å². The van der Waals surface area contributed by atoms with E-state index < -0.39 is 0 Å². The highest BCUT2D eigenvalue weighted by Gasteiger charge is 2.23. The first-order valence-electron chi connectivity index (χ1n) is 9.93. The zero-order chi connectivity index (χ0) is 22.2. The summed E-state index contributed by atoms with van der Waals surface area (Å²) in [6.07, 6.45) is 0. The Morgan fingerprint density at radius 2 is 1.78 bits per heavy atom. The molecule has 7 nitrogen and oxygen atoms in total. The first-order valence-corrected chi connectivity index (χ1v) is 9.93. The molecule has 0 atom stereocenters. The standard InChI is InChI=1S/C24H18FN5O2/c1-14-12-20(28-30(14)2)27-23(31)18-13-19(15-6-4-3-5-7-15)26-24-21(18)22(29-32-24)16-8-10-17(25)11-9-16/h3-13H,1-2H3,(H,27,28,31). The molecule has 32 heavy (non-hydrogen) atoms. The molecule has 158 valence electrons. The monoisotopic (exact) mass is 427 g/mol. The molecule has 3 heterocycles. The van der Waals surface area contributed by atoms with Crippen LogP contribution in [0.3, 0.4) is 0 Å². The van der Waals surface area contributed by atoms with Crippen molar-refractivity contribution in [1.29, 1.82) is 0 Å². The van der Waals surface area contributed by atoms with Gasteiger partial charge in [-0.2, -0.15) is 5.10 Å². The summed E-state index contributed by atoms with van der Waals surface area (Å²) in [4.78, 5) is 17.9. The van der Waals surface area contributed by atoms with E-state index in [0.717, 1.165) is 11.3 Å². The molecule has 1 amide bonds. The van der Waals surface area contributed by atoms with Gasteiger partial charge in [0, 0.05) is 29.9 Å². The Morgan fingerprint density at radius 1 is 1.03 bits per heavy atom. The summed E-state index contributed by atoms with van der Waals surface area (Å²) in [5.41, 5.74) is 3.88. The largest absolute Gasteiger partial charge is 0.335 e. The summed E-state index contributed by atoms with van der Waals surface area (Å²) >= 11 is 0. The Labute approximate surface area is 182 Å². The molecule has 0 saturated carbocycles. The molecule has 0 radical (unpaired) electrons. The van der Waals surface area contributed by atoms with Crippen molar-refractivity contribution in [2.45, 2.75) is 6.92 Å². The van der Waals surface area contributed by atoms with Crippen molar-refractivity contribution < 1.29 is 13.7 Å². The van der Waals surface area contributed by atoms with E-state index in [1.165, 1.54) is 12.1 Å². The maximum Gasteiger partial charge on any atom is 0.259 e. The molecule has 0 aliphatic carbocycles. The number of nitrogens with one attached hydrogen (secondary N) is 1. The second-order valence-corrected chi connectivity index (χ2v) is 7.39. The van der Waals surface area contributed by atoms with Crippen LogP contribution in [0.2, 0.25) is 0 Å². The van der Waals surface area contributed by atoms with Crippen LogP contribution in [-0.2, 0) is 7.05 Å². The smallest absolute Gasteiger partial charge is 0.259 e. The topological polar surface area (TPSA) is 85.8 Å². The maximum atomic E-state index is 13.4. The average molecular weight is 427 g/mol. The van der Waals surface area contributed by atoms with Gasteiger partial charge in [-0.25, -0.2) is 9.37 Å². The van der Waals surface area contributed by atoms with Gasteiger partial charge in [0.2, 0.25) is 0 Å². The van der Waals surface area contributed by atoms with Gasteiger partial charge in [0.05, 0.1) is 16.6 Å². The van der Waals surface area contributed by atoms with Crippen molar-refractivity contribution in [3.8, 4) is 22.5 Å². The quantitative estimate of drug-likeness (QED) is 0.437. The van der Waals surface area contributed by atoms with Crippen molar-refractivity contribution in [1.82, 2.24) is 19.9 Å². The minimum absolute atomic E-state index is 0.216. The van der Waals surface area contributed by atoms with Gasteiger partial charge >= 0.3 is 0 Å². The number of amides is 1. The van der Waals surface area contributed by atoms with Crippen molar-refractivity contribution in [3.63, 3.8) is 0 Å². The molecule has 2 aromatic carbocycles. The Kier molecular flexibility index (Phi) is 4.74. The van der Waals surface area contributed by atoms with Crippen LogP contribution in [0.1, 0.15) is 16.1 Å². The van der Waals surface area contributed by atoms with Crippen LogP contribution in [0.5, 0.6) is 0 Å². The first-order chi connectivity index (χ1) is 15.5. The minimum atomic E-state index is -0.376. The van der Waals surface area contributed by atoms with E-state index in [-0.39, 0.29) is 17.4 Å². The normalized spacial score (nSPS) is 11.1. The highest BCUT2D eigenvalue weighted by atomic mass is 19.1. The van der Waals surface area contributed by atoms with E-state index in [1.807, 2.05) is 37.3 Å². The lowest BCUT2D eigenvalue weighted by Gasteiger charge is -2.08. The molecule has 0 aliphatic rings. The summed E-state index contributed by atoms with van der Waals surface area (Å²) in [5.74, 6) is -0.310. The van der Waals surface area contributed by atoms with Gasteiger partial charge < -0.3 is 9.84 Å². The lowest BCUT2D eigenvalue weighted by atomic mass is 10.0. The number of pyridine rings is 1. The fraction of sp³-hybridized carbons (Fsp3) is 0.0833. The number of aromatic nitrogens is 4. The highest BCUT2D eigenvalue weighted by molar-refractivity contribution is 6.15. The van der Waals surface area contributed by atoms with Gasteiger partial charge in [-0.1, -0.05) is 35.5 Å². The van der Waals surface area contributed by atoms with Gasteiger partial charge in [0.1, 0.15) is 11.5 Å². The van der Waals surface area contributed by atoms with Crippen LogP contribution in [-0.4, -0.2) is 25.8 Å². The number of fused-ring (bicyclic) bond motifs is 1. The third-order valence-corrected chi connectivity index (χ3v) is 5.23. The summed E-state index contributed by atoms with van der Waals surface area (Å²) in [5, 5.41) is 11.7. The molecule has 0 bridgehead atoms. The lowest BCUT2D eigenvalue weighted by Crippen LogP contribution is -2.13. The third kappa shape index (κ3) is 3.51.